The van der Waals surface area contributed by atoms with E-state index in [4.69, 9.17) is 5.53 Å². The molecule has 3 aromatic rings. The van der Waals surface area contributed by atoms with Gasteiger partial charge < -0.3 is 5.32 Å². The smallest absolute Gasteiger partial charge is 0.252 e. The van der Waals surface area contributed by atoms with Gasteiger partial charge in [0.1, 0.15) is 5.82 Å². The standard InChI is InChI=1S/C21H19N5O/c22-26-25-20-12-11-18(15-24-20)21(27)23-14-13-19(16-7-3-1-4-8-16)17-9-5-2-6-10-17/h1-12,15,19H,13-14H2,(H,23,27). The third kappa shape index (κ3) is 4.93. The van der Waals surface area contributed by atoms with Crippen molar-refractivity contribution < 1.29 is 4.79 Å². The van der Waals surface area contributed by atoms with Crippen LogP contribution in [-0.2, 0) is 0 Å². The van der Waals surface area contributed by atoms with Crippen molar-refractivity contribution in [3.8, 4) is 0 Å². The zero-order chi connectivity index (χ0) is 18.9. The lowest BCUT2D eigenvalue weighted by atomic mass is 9.88. The van der Waals surface area contributed by atoms with Crippen LogP contribution in [0.5, 0.6) is 0 Å². The zero-order valence-corrected chi connectivity index (χ0v) is 14.7. The molecule has 0 saturated carbocycles. The first kappa shape index (κ1) is 18.2. The van der Waals surface area contributed by atoms with Crippen molar-refractivity contribution in [3.05, 3.63) is 106 Å². The van der Waals surface area contributed by atoms with Crippen molar-refractivity contribution in [3.63, 3.8) is 0 Å². The molecule has 0 radical (unpaired) electrons. The van der Waals surface area contributed by atoms with Crippen molar-refractivity contribution in [2.45, 2.75) is 12.3 Å². The monoisotopic (exact) mass is 357 g/mol. The van der Waals surface area contributed by atoms with Crippen LogP contribution in [0, 0.1) is 0 Å². The van der Waals surface area contributed by atoms with E-state index in [1.165, 1.54) is 23.4 Å². The number of pyridine rings is 1. The fourth-order valence-corrected chi connectivity index (χ4v) is 2.95. The van der Waals surface area contributed by atoms with E-state index >= 15 is 0 Å². The van der Waals surface area contributed by atoms with Crippen molar-refractivity contribution in [2.75, 3.05) is 6.54 Å². The summed E-state index contributed by atoms with van der Waals surface area (Å²) >= 11 is 0. The maximum absolute atomic E-state index is 12.3. The molecule has 134 valence electrons. The normalized spacial score (nSPS) is 10.3. The summed E-state index contributed by atoms with van der Waals surface area (Å²) in [5.74, 6) is 0.246. The molecular formula is C21H19N5O. The molecule has 0 aliphatic heterocycles. The Bertz CT molecular complexity index is 880. The van der Waals surface area contributed by atoms with E-state index in [0.29, 0.717) is 12.1 Å². The van der Waals surface area contributed by atoms with Gasteiger partial charge in [-0.2, -0.15) is 0 Å². The summed E-state index contributed by atoms with van der Waals surface area (Å²) in [4.78, 5) is 18.9. The van der Waals surface area contributed by atoms with Gasteiger partial charge in [0.05, 0.1) is 5.56 Å². The summed E-state index contributed by atoms with van der Waals surface area (Å²) in [5.41, 5.74) is 11.3. The molecule has 0 bridgehead atoms. The molecule has 1 aromatic heterocycles. The average Bonchev–Trinajstić information content (AvgIpc) is 2.73. The van der Waals surface area contributed by atoms with Gasteiger partial charge in [0, 0.05) is 23.6 Å². The first-order valence-corrected chi connectivity index (χ1v) is 8.67. The minimum absolute atomic E-state index is 0.199. The number of hydrogen-bond acceptors (Lipinski definition) is 3. The van der Waals surface area contributed by atoms with Crippen LogP contribution in [0.1, 0.15) is 33.8 Å². The van der Waals surface area contributed by atoms with Crippen molar-refractivity contribution in [1.29, 1.82) is 0 Å². The topological polar surface area (TPSA) is 90.8 Å². The first-order valence-electron chi connectivity index (χ1n) is 8.67. The molecular weight excluding hydrogens is 338 g/mol. The van der Waals surface area contributed by atoms with E-state index in [1.807, 2.05) is 36.4 Å². The number of carbonyl (C=O) groups excluding carboxylic acids is 1. The van der Waals surface area contributed by atoms with Crippen LogP contribution in [0.2, 0.25) is 0 Å². The van der Waals surface area contributed by atoms with Crippen LogP contribution in [0.4, 0.5) is 5.82 Å². The summed E-state index contributed by atoms with van der Waals surface area (Å²) in [5, 5.41) is 6.34. The molecule has 1 amide bonds. The Balaban J connectivity index is 1.65. The number of hydrogen-bond donors (Lipinski definition) is 1. The summed E-state index contributed by atoms with van der Waals surface area (Å²) in [6.07, 6.45) is 2.19. The number of benzene rings is 2. The molecule has 0 fully saturated rings. The highest BCUT2D eigenvalue weighted by Crippen LogP contribution is 2.27. The number of aromatic nitrogens is 1. The summed E-state index contributed by atoms with van der Waals surface area (Å²) in [7, 11) is 0. The Morgan fingerprint density at radius 2 is 1.63 bits per heavy atom. The van der Waals surface area contributed by atoms with Gasteiger partial charge in [0.25, 0.3) is 5.91 Å². The number of carbonyl (C=O) groups is 1. The minimum atomic E-state index is -0.199. The Kier molecular flexibility index (Phi) is 6.17. The molecule has 2 aromatic carbocycles. The third-order valence-corrected chi connectivity index (χ3v) is 4.28. The number of nitrogens with zero attached hydrogens (tertiary/aromatic N) is 4. The van der Waals surface area contributed by atoms with Crippen LogP contribution < -0.4 is 5.32 Å². The highest BCUT2D eigenvalue weighted by molar-refractivity contribution is 5.93. The van der Waals surface area contributed by atoms with Gasteiger partial charge in [-0.25, -0.2) is 0 Å². The maximum Gasteiger partial charge on any atom is 0.252 e. The lowest BCUT2D eigenvalue weighted by Crippen LogP contribution is -2.26. The Labute approximate surface area is 157 Å². The Morgan fingerprint density at radius 3 is 2.15 bits per heavy atom. The largest absolute Gasteiger partial charge is 0.352 e. The van der Waals surface area contributed by atoms with E-state index in [9.17, 15) is 4.79 Å². The molecule has 1 heterocycles. The molecule has 0 aliphatic carbocycles. The van der Waals surface area contributed by atoms with E-state index in [0.717, 1.165) is 6.42 Å². The summed E-state index contributed by atoms with van der Waals surface area (Å²) in [6.45, 7) is 0.533. The van der Waals surface area contributed by atoms with Crippen molar-refractivity contribution in [2.24, 2.45) is 5.11 Å². The maximum atomic E-state index is 12.3. The van der Waals surface area contributed by atoms with Crippen molar-refractivity contribution in [1.82, 2.24) is 10.3 Å². The predicted molar refractivity (Wildman–Crippen MR) is 105 cm³/mol. The lowest BCUT2D eigenvalue weighted by molar-refractivity contribution is 0.0952. The van der Waals surface area contributed by atoms with Crippen LogP contribution >= 0.6 is 0 Å². The Hall–Kier alpha value is -3.63. The molecule has 0 aliphatic rings. The predicted octanol–water partition coefficient (Wildman–Crippen LogP) is 4.98. The second kappa shape index (κ2) is 9.17. The molecule has 6 nitrogen and oxygen atoms in total. The second-order valence-electron chi connectivity index (χ2n) is 6.01. The van der Waals surface area contributed by atoms with Crippen LogP contribution in [0.3, 0.4) is 0 Å². The van der Waals surface area contributed by atoms with Crippen LogP contribution in [0.15, 0.2) is 84.1 Å². The van der Waals surface area contributed by atoms with Gasteiger partial charge in [-0.1, -0.05) is 60.7 Å². The number of nitrogens with one attached hydrogen (secondary N) is 1. The lowest BCUT2D eigenvalue weighted by Gasteiger charge is -2.18. The number of rotatable bonds is 7. The average molecular weight is 357 g/mol. The van der Waals surface area contributed by atoms with Gasteiger partial charge >= 0.3 is 0 Å². The molecule has 3 rings (SSSR count). The molecule has 0 unspecified atom stereocenters. The van der Waals surface area contributed by atoms with Crippen LogP contribution in [-0.4, -0.2) is 17.4 Å². The molecule has 0 spiro atoms. The summed E-state index contributed by atoms with van der Waals surface area (Å²) in [6, 6.07) is 23.7. The van der Waals surface area contributed by atoms with Gasteiger partial charge in [0.15, 0.2) is 0 Å². The van der Waals surface area contributed by atoms with E-state index in [2.05, 4.69) is 44.6 Å². The van der Waals surface area contributed by atoms with Gasteiger partial charge in [-0.05, 0) is 40.3 Å². The second-order valence-corrected chi connectivity index (χ2v) is 6.01. The zero-order valence-electron chi connectivity index (χ0n) is 14.7. The fourth-order valence-electron chi connectivity index (χ4n) is 2.95. The molecule has 27 heavy (non-hydrogen) atoms. The highest BCUT2D eigenvalue weighted by Gasteiger charge is 2.14. The van der Waals surface area contributed by atoms with Gasteiger partial charge in [0.2, 0.25) is 0 Å². The minimum Gasteiger partial charge on any atom is -0.352 e. The fraction of sp³-hybridized carbons (Fsp3) is 0.143. The quantitative estimate of drug-likeness (QED) is 0.367. The van der Waals surface area contributed by atoms with E-state index in [1.54, 1.807) is 6.07 Å². The third-order valence-electron chi connectivity index (χ3n) is 4.28. The first-order chi connectivity index (χ1) is 13.3. The SMILES string of the molecule is [N-]=[N+]=Nc1ccc(C(=O)NCCC(c2ccccc2)c2ccccc2)cn1. The van der Waals surface area contributed by atoms with Crippen molar-refractivity contribution >= 4 is 11.7 Å². The van der Waals surface area contributed by atoms with E-state index < -0.39 is 0 Å². The van der Waals surface area contributed by atoms with Crippen LogP contribution in [0.25, 0.3) is 10.4 Å². The van der Waals surface area contributed by atoms with E-state index in [-0.39, 0.29) is 17.6 Å². The highest BCUT2D eigenvalue weighted by atomic mass is 16.1. The number of azide groups is 1. The summed E-state index contributed by atoms with van der Waals surface area (Å²) < 4.78 is 0. The molecule has 0 atom stereocenters. The Morgan fingerprint density at radius 1 is 1.00 bits per heavy atom. The molecule has 0 saturated heterocycles. The van der Waals surface area contributed by atoms with Gasteiger partial charge in [-0.15, -0.1) is 0 Å². The molecule has 1 N–H and O–H groups in total. The number of amides is 1. The molecule has 6 heteroatoms. The van der Waals surface area contributed by atoms with Gasteiger partial charge in [-0.3, -0.25) is 9.78 Å².